The molecule has 0 fully saturated rings. The zero-order chi connectivity index (χ0) is 21.6. The van der Waals surface area contributed by atoms with Crippen LogP contribution in [0.25, 0.3) is 0 Å². The molecule has 1 atom stereocenters. The molecule has 2 aromatic carbocycles. The van der Waals surface area contributed by atoms with E-state index in [2.05, 4.69) is 5.32 Å². The summed E-state index contributed by atoms with van der Waals surface area (Å²) in [7, 11) is -2.08. The second-order valence-electron chi connectivity index (χ2n) is 6.81. The van der Waals surface area contributed by atoms with Crippen LogP contribution in [0.2, 0.25) is 5.02 Å². The molecule has 1 N–H and O–H groups in total. The van der Waals surface area contributed by atoms with Gasteiger partial charge in [0.05, 0.1) is 19.1 Å². The van der Waals surface area contributed by atoms with Crippen LogP contribution < -0.4 is 14.4 Å². The molecular weight excluding hydrogens is 412 g/mol. The van der Waals surface area contributed by atoms with Gasteiger partial charge in [-0.3, -0.25) is 9.10 Å². The standard InChI is InChI=1S/C21H27ClN2O4S/c1-5-20(21(25)23-13-12-16-7-10-18(28-3)11-8-16)24(29(4,26)27)17-9-6-15(2)19(22)14-17/h6-11,14,20H,5,12-13H2,1-4H3,(H,23,25). The molecule has 0 aromatic heterocycles. The van der Waals surface area contributed by atoms with E-state index in [4.69, 9.17) is 16.3 Å². The molecule has 1 unspecified atom stereocenters. The maximum atomic E-state index is 12.8. The number of rotatable bonds is 9. The fourth-order valence-corrected chi connectivity index (χ4v) is 4.40. The predicted molar refractivity (Wildman–Crippen MR) is 117 cm³/mol. The van der Waals surface area contributed by atoms with E-state index in [1.807, 2.05) is 31.2 Å². The molecule has 6 nitrogen and oxygen atoms in total. The van der Waals surface area contributed by atoms with Crippen molar-refractivity contribution in [3.8, 4) is 5.75 Å². The fraction of sp³-hybridized carbons (Fsp3) is 0.381. The maximum Gasteiger partial charge on any atom is 0.243 e. The third-order valence-corrected chi connectivity index (χ3v) is 6.20. The van der Waals surface area contributed by atoms with E-state index in [-0.39, 0.29) is 5.91 Å². The Labute approximate surface area is 177 Å². The first kappa shape index (κ1) is 23.0. The van der Waals surface area contributed by atoms with Gasteiger partial charge in [0.2, 0.25) is 15.9 Å². The molecular formula is C21H27ClN2O4S. The number of carbonyl (C=O) groups excluding carboxylic acids is 1. The molecule has 158 valence electrons. The highest BCUT2D eigenvalue weighted by Crippen LogP contribution is 2.27. The first-order valence-electron chi connectivity index (χ1n) is 9.33. The second-order valence-corrected chi connectivity index (χ2v) is 9.07. The number of halogens is 1. The molecule has 0 aliphatic heterocycles. The van der Waals surface area contributed by atoms with Crippen molar-refractivity contribution in [3.05, 3.63) is 58.6 Å². The maximum absolute atomic E-state index is 12.8. The Hall–Kier alpha value is -2.25. The van der Waals surface area contributed by atoms with Crippen LogP contribution in [0.3, 0.4) is 0 Å². The van der Waals surface area contributed by atoms with Crippen molar-refractivity contribution in [2.45, 2.75) is 32.7 Å². The van der Waals surface area contributed by atoms with Gasteiger partial charge in [0.15, 0.2) is 0 Å². The zero-order valence-electron chi connectivity index (χ0n) is 17.1. The lowest BCUT2D eigenvalue weighted by atomic mass is 10.1. The first-order valence-corrected chi connectivity index (χ1v) is 11.6. The van der Waals surface area contributed by atoms with Gasteiger partial charge >= 0.3 is 0 Å². The third kappa shape index (κ3) is 6.11. The van der Waals surface area contributed by atoms with Gasteiger partial charge in [-0.25, -0.2) is 8.42 Å². The number of hydrogen-bond donors (Lipinski definition) is 1. The molecule has 1 amide bonds. The number of nitrogens with one attached hydrogen (secondary N) is 1. The van der Waals surface area contributed by atoms with Crippen LogP contribution in [-0.2, 0) is 21.2 Å². The van der Waals surface area contributed by atoms with Crippen LogP contribution in [0.15, 0.2) is 42.5 Å². The smallest absolute Gasteiger partial charge is 0.243 e. The Morgan fingerprint density at radius 3 is 2.38 bits per heavy atom. The summed E-state index contributed by atoms with van der Waals surface area (Å²) in [4.78, 5) is 12.8. The highest BCUT2D eigenvalue weighted by molar-refractivity contribution is 7.92. The minimum atomic E-state index is -3.69. The molecule has 29 heavy (non-hydrogen) atoms. The molecule has 0 aliphatic carbocycles. The van der Waals surface area contributed by atoms with Gasteiger partial charge in [0.1, 0.15) is 11.8 Å². The summed E-state index contributed by atoms with van der Waals surface area (Å²) in [5.74, 6) is 0.424. The van der Waals surface area contributed by atoms with Crippen LogP contribution in [0.5, 0.6) is 5.75 Å². The molecule has 0 heterocycles. The Morgan fingerprint density at radius 1 is 1.21 bits per heavy atom. The SMILES string of the molecule is CCC(C(=O)NCCc1ccc(OC)cc1)N(c1ccc(C)c(Cl)c1)S(C)(=O)=O. The molecule has 2 rings (SSSR count). The van der Waals surface area contributed by atoms with Crippen LogP contribution in [0.1, 0.15) is 24.5 Å². The monoisotopic (exact) mass is 438 g/mol. The van der Waals surface area contributed by atoms with E-state index in [0.29, 0.717) is 30.1 Å². The average molecular weight is 439 g/mol. The van der Waals surface area contributed by atoms with Crippen LogP contribution in [0.4, 0.5) is 5.69 Å². The minimum absolute atomic E-state index is 0.326. The lowest BCUT2D eigenvalue weighted by Crippen LogP contribution is -2.49. The average Bonchev–Trinajstić information content (AvgIpc) is 2.67. The second kappa shape index (κ2) is 9.98. The number of carbonyl (C=O) groups is 1. The first-order chi connectivity index (χ1) is 13.7. The predicted octanol–water partition coefficient (Wildman–Crippen LogP) is 3.56. The summed E-state index contributed by atoms with van der Waals surface area (Å²) < 4.78 is 31.2. The van der Waals surface area contributed by atoms with Crippen molar-refractivity contribution >= 4 is 33.2 Å². The van der Waals surface area contributed by atoms with Gasteiger partial charge < -0.3 is 10.1 Å². The number of ether oxygens (including phenoxy) is 1. The van der Waals surface area contributed by atoms with E-state index >= 15 is 0 Å². The number of benzene rings is 2. The van der Waals surface area contributed by atoms with Gasteiger partial charge in [0.25, 0.3) is 0 Å². The number of nitrogens with zero attached hydrogens (tertiary/aromatic N) is 1. The van der Waals surface area contributed by atoms with Crippen LogP contribution in [-0.4, -0.2) is 40.3 Å². The molecule has 0 spiro atoms. The normalized spacial score (nSPS) is 12.3. The topological polar surface area (TPSA) is 75.7 Å². The number of methoxy groups -OCH3 is 1. The molecule has 0 saturated heterocycles. The van der Waals surface area contributed by atoms with E-state index in [1.165, 1.54) is 0 Å². The Kier molecular flexibility index (Phi) is 7.93. The van der Waals surface area contributed by atoms with E-state index < -0.39 is 16.1 Å². The minimum Gasteiger partial charge on any atom is -0.497 e. The molecule has 0 radical (unpaired) electrons. The largest absolute Gasteiger partial charge is 0.497 e. The van der Waals surface area contributed by atoms with Crippen molar-refractivity contribution in [2.24, 2.45) is 0 Å². The van der Waals surface area contributed by atoms with Crippen LogP contribution in [0, 0.1) is 6.92 Å². The molecule has 2 aromatic rings. The van der Waals surface area contributed by atoms with E-state index in [9.17, 15) is 13.2 Å². The summed E-state index contributed by atoms with van der Waals surface area (Å²) in [5, 5.41) is 3.30. The lowest BCUT2D eigenvalue weighted by molar-refractivity contribution is -0.122. The Bertz CT molecular complexity index is 946. The summed E-state index contributed by atoms with van der Waals surface area (Å²) >= 11 is 6.18. The van der Waals surface area contributed by atoms with Crippen LogP contribution >= 0.6 is 11.6 Å². The Balaban J connectivity index is 2.14. The van der Waals surface area contributed by atoms with Gasteiger partial charge in [0, 0.05) is 11.6 Å². The number of hydrogen-bond acceptors (Lipinski definition) is 4. The number of sulfonamides is 1. The molecule has 8 heteroatoms. The summed E-state index contributed by atoms with van der Waals surface area (Å²) in [6, 6.07) is 11.7. The van der Waals surface area contributed by atoms with Crippen molar-refractivity contribution in [3.63, 3.8) is 0 Å². The van der Waals surface area contributed by atoms with E-state index in [0.717, 1.165) is 27.4 Å². The summed E-state index contributed by atoms with van der Waals surface area (Å²) in [6.07, 6.45) is 2.04. The molecule has 0 aliphatic rings. The number of anilines is 1. The van der Waals surface area contributed by atoms with E-state index in [1.54, 1.807) is 32.2 Å². The van der Waals surface area contributed by atoms with Crippen molar-refractivity contribution in [1.82, 2.24) is 5.32 Å². The third-order valence-electron chi connectivity index (χ3n) is 4.61. The van der Waals surface area contributed by atoms with Crippen molar-refractivity contribution in [1.29, 1.82) is 0 Å². The number of aryl methyl sites for hydroxylation is 1. The Morgan fingerprint density at radius 2 is 1.86 bits per heavy atom. The lowest BCUT2D eigenvalue weighted by Gasteiger charge is -2.30. The zero-order valence-corrected chi connectivity index (χ0v) is 18.7. The van der Waals surface area contributed by atoms with Crippen molar-refractivity contribution in [2.75, 3.05) is 24.2 Å². The van der Waals surface area contributed by atoms with Gasteiger partial charge in [-0.15, -0.1) is 0 Å². The summed E-state index contributed by atoms with van der Waals surface area (Å²) in [5.41, 5.74) is 2.26. The number of amides is 1. The van der Waals surface area contributed by atoms with Gasteiger partial charge in [-0.05, 0) is 55.2 Å². The quantitative estimate of drug-likeness (QED) is 0.649. The highest BCUT2D eigenvalue weighted by atomic mass is 35.5. The molecule has 0 saturated carbocycles. The van der Waals surface area contributed by atoms with Gasteiger partial charge in [-0.1, -0.05) is 36.7 Å². The van der Waals surface area contributed by atoms with Crippen molar-refractivity contribution < 1.29 is 17.9 Å². The molecule has 0 bridgehead atoms. The fourth-order valence-electron chi connectivity index (χ4n) is 3.02. The van der Waals surface area contributed by atoms with Gasteiger partial charge in [-0.2, -0.15) is 0 Å². The highest BCUT2D eigenvalue weighted by Gasteiger charge is 2.31. The summed E-state index contributed by atoms with van der Waals surface area (Å²) in [6.45, 7) is 4.01.